The number of amides is 1. The standard InChI is InChI=1S/C58H109NO18/c1-3-5-7-8-9-10-11-12-13-14-15-16-17-18-19-20-21-22-23-24-25-26-27-28-29-30-31-32-33-34-35-42(63)41(59-46(64)36-6-4-2)40-72-56-52(70)49(67)54(44(38-61)74-56)77-58-53(71)50(68)55(45(39-62)75-58)76-57-51(69)48(66)47(65)43(37-60)73-57/h34-35,41-45,47-58,60-63,65-71H,3-33,36-40H2,1-2H3,(H,59,64)/b35-34+. The molecule has 0 aromatic heterocycles. The molecule has 0 aromatic carbocycles. The third kappa shape index (κ3) is 26.5. The highest BCUT2D eigenvalue weighted by Gasteiger charge is 2.53. The van der Waals surface area contributed by atoms with Gasteiger partial charge in [-0.15, -0.1) is 0 Å². The summed E-state index contributed by atoms with van der Waals surface area (Å²) in [7, 11) is 0. The predicted octanol–water partition coefficient (Wildman–Crippen LogP) is 5.38. The Hall–Kier alpha value is -1.47. The highest BCUT2D eigenvalue weighted by molar-refractivity contribution is 5.76. The first-order valence-corrected chi connectivity index (χ1v) is 30.4. The van der Waals surface area contributed by atoms with Crippen LogP contribution in [0.2, 0.25) is 0 Å². The molecular weight excluding hydrogens is 999 g/mol. The molecule has 0 bridgehead atoms. The van der Waals surface area contributed by atoms with Crippen LogP contribution in [-0.2, 0) is 33.2 Å². The van der Waals surface area contributed by atoms with Crippen molar-refractivity contribution in [1.82, 2.24) is 5.32 Å². The first-order valence-electron chi connectivity index (χ1n) is 30.4. The van der Waals surface area contributed by atoms with Crippen LogP contribution in [0.15, 0.2) is 12.2 Å². The fourth-order valence-electron chi connectivity index (χ4n) is 10.5. The molecular formula is C58H109NO18. The average molecular weight is 1110 g/mol. The molecule has 0 aliphatic carbocycles. The molecule has 1 amide bonds. The number of allylic oxidation sites excluding steroid dienone is 1. The molecule has 3 rings (SSSR count). The van der Waals surface area contributed by atoms with Gasteiger partial charge in [0.05, 0.1) is 38.6 Å². The highest BCUT2D eigenvalue weighted by atomic mass is 16.8. The molecule has 3 heterocycles. The molecule has 3 saturated heterocycles. The third-order valence-electron chi connectivity index (χ3n) is 15.6. The van der Waals surface area contributed by atoms with Crippen molar-refractivity contribution in [2.75, 3.05) is 26.4 Å². The Bertz CT molecular complexity index is 1460. The molecule has 12 N–H and O–H groups in total. The molecule has 77 heavy (non-hydrogen) atoms. The molecule has 3 aliphatic rings. The van der Waals surface area contributed by atoms with Crippen LogP contribution in [0.1, 0.15) is 219 Å². The lowest BCUT2D eigenvalue weighted by atomic mass is 9.96. The smallest absolute Gasteiger partial charge is 0.220 e. The minimum Gasteiger partial charge on any atom is -0.394 e. The van der Waals surface area contributed by atoms with E-state index in [0.29, 0.717) is 6.42 Å². The van der Waals surface area contributed by atoms with Gasteiger partial charge in [0.1, 0.15) is 73.2 Å². The fraction of sp³-hybridized carbons (Fsp3) is 0.948. The lowest BCUT2D eigenvalue weighted by molar-refractivity contribution is -0.379. The maximum absolute atomic E-state index is 12.8. The molecule has 17 atom stereocenters. The van der Waals surface area contributed by atoms with E-state index in [1.807, 2.05) is 13.0 Å². The summed E-state index contributed by atoms with van der Waals surface area (Å²) >= 11 is 0. The van der Waals surface area contributed by atoms with Gasteiger partial charge in [-0.1, -0.05) is 206 Å². The van der Waals surface area contributed by atoms with Gasteiger partial charge in [0.15, 0.2) is 18.9 Å². The summed E-state index contributed by atoms with van der Waals surface area (Å²) in [5.41, 5.74) is 0. The second-order valence-electron chi connectivity index (χ2n) is 22.2. The number of nitrogens with one attached hydrogen (secondary N) is 1. The van der Waals surface area contributed by atoms with Crippen molar-refractivity contribution in [3.8, 4) is 0 Å². The molecule has 3 aliphatic heterocycles. The normalized spacial score (nSPS) is 30.7. The van der Waals surface area contributed by atoms with Crippen LogP contribution in [-0.4, -0.2) is 193 Å². The van der Waals surface area contributed by atoms with Crippen LogP contribution in [0.25, 0.3) is 0 Å². The van der Waals surface area contributed by atoms with Crippen LogP contribution in [0.5, 0.6) is 0 Å². The lowest BCUT2D eigenvalue weighted by Gasteiger charge is -2.48. The van der Waals surface area contributed by atoms with E-state index in [-0.39, 0.29) is 18.9 Å². The number of carbonyl (C=O) groups is 1. The Kier molecular flexibility index (Phi) is 38.4. The Labute approximate surface area is 461 Å². The van der Waals surface area contributed by atoms with Crippen LogP contribution in [0.4, 0.5) is 0 Å². The monoisotopic (exact) mass is 1110 g/mol. The minimum absolute atomic E-state index is 0.220. The number of rotatable bonds is 45. The quantitative estimate of drug-likeness (QED) is 0.0269. The molecule has 19 nitrogen and oxygen atoms in total. The van der Waals surface area contributed by atoms with Crippen molar-refractivity contribution >= 4 is 5.91 Å². The van der Waals surface area contributed by atoms with Crippen LogP contribution < -0.4 is 5.32 Å². The first kappa shape index (κ1) is 69.8. The topological polar surface area (TPSA) is 307 Å². The van der Waals surface area contributed by atoms with Crippen molar-refractivity contribution in [3.63, 3.8) is 0 Å². The number of hydrogen-bond donors (Lipinski definition) is 12. The van der Waals surface area contributed by atoms with E-state index < -0.39 is 124 Å². The minimum atomic E-state index is -1.97. The van der Waals surface area contributed by atoms with Crippen LogP contribution in [0, 0.1) is 0 Å². The molecule has 3 fully saturated rings. The Morgan fingerprint density at radius 2 is 0.805 bits per heavy atom. The van der Waals surface area contributed by atoms with Crippen molar-refractivity contribution < 1.29 is 89.4 Å². The van der Waals surface area contributed by atoms with Crippen molar-refractivity contribution in [1.29, 1.82) is 0 Å². The maximum Gasteiger partial charge on any atom is 0.220 e. The van der Waals surface area contributed by atoms with Gasteiger partial charge in [0, 0.05) is 6.42 Å². The second kappa shape index (κ2) is 42.4. The number of aliphatic hydroxyl groups excluding tert-OH is 11. The van der Waals surface area contributed by atoms with Gasteiger partial charge in [-0.3, -0.25) is 4.79 Å². The van der Waals surface area contributed by atoms with E-state index in [0.717, 1.165) is 32.1 Å². The van der Waals surface area contributed by atoms with Gasteiger partial charge >= 0.3 is 0 Å². The predicted molar refractivity (Wildman–Crippen MR) is 291 cm³/mol. The summed E-state index contributed by atoms with van der Waals surface area (Å²) in [6, 6.07) is -0.963. The van der Waals surface area contributed by atoms with Crippen LogP contribution >= 0.6 is 0 Å². The van der Waals surface area contributed by atoms with Crippen molar-refractivity contribution in [2.24, 2.45) is 0 Å². The molecule has 0 saturated carbocycles. The highest BCUT2D eigenvalue weighted by Crippen LogP contribution is 2.33. The van der Waals surface area contributed by atoms with E-state index in [1.54, 1.807) is 6.08 Å². The average Bonchev–Trinajstić information content (AvgIpc) is 3.43. The SMILES string of the molecule is CCCCCCCCCCCCCCCCCCCCCCCCCCCCCC/C=C/C(O)C(COC1OC(CO)C(OC2OC(CO)C(OC3OC(CO)C(O)C(O)C3O)C(O)C2O)C(O)C1O)NC(=O)CCCC. The van der Waals surface area contributed by atoms with Gasteiger partial charge in [0.2, 0.25) is 5.91 Å². The second-order valence-corrected chi connectivity index (χ2v) is 22.2. The largest absolute Gasteiger partial charge is 0.394 e. The van der Waals surface area contributed by atoms with Gasteiger partial charge in [-0.05, 0) is 19.3 Å². The first-order chi connectivity index (χ1) is 37.3. The van der Waals surface area contributed by atoms with Crippen LogP contribution in [0.3, 0.4) is 0 Å². The van der Waals surface area contributed by atoms with Gasteiger partial charge in [-0.25, -0.2) is 0 Å². The zero-order valence-corrected chi connectivity index (χ0v) is 47.2. The summed E-state index contributed by atoms with van der Waals surface area (Å²) in [6.07, 6.45) is 16.8. The van der Waals surface area contributed by atoms with E-state index in [9.17, 15) is 61.0 Å². The number of ether oxygens (including phenoxy) is 6. The Morgan fingerprint density at radius 3 is 1.21 bits per heavy atom. The Balaban J connectivity index is 1.30. The maximum atomic E-state index is 12.8. The summed E-state index contributed by atoms with van der Waals surface area (Å²) in [6.45, 7) is 1.46. The molecule has 454 valence electrons. The van der Waals surface area contributed by atoms with Gasteiger partial charge in [0.25, 0.3) is 0 Å². The zero-order valence-electron chi connectivity index (χ0n) is 47.2. The molecule has 0 spiro atoms. The van der Waals surface area contributed by atoms with Gasteiger partial charge < -0.3 is 89.9 Å². The Morgan fingerprint density at radius 1 is 0.455 bits per heavy atom. The van der Waals surface area contributed by atoms with E-state index >= 15 is 0 Å². The molecule has 17 unspecified atom stereocenters. The fourth-order valence-corrected chi connectivity index (χ4v) is 10.5. The lowest BCUT2D eigenvalue weighted by Crippen LogP contribution is -2.66. The molecule has 19 heteroatoms. The number of unbranched alkanes of at least 4 members (excludes halogenated alkanes) is 29. The zero-order chi connectivity index (χ0) is 56.2. The van der Waals surface area contributed by atoms with Crippen molar-refractivity contribution in [2.45, 2.75) is 324 Å². The van der Waals surface area contributed by atoms with E-state index in [1.165, 1.54) is 161 Å². The number of aliphatic hydroxyl groups is 11. The van der Waals surface area contributed by atoms with Crippen molar-refractivity contribution in [3.05, 3.63) is 12.2 Å². The summed E-state index contributed by atoms with van der Waals surface area (Å²) in [5, 5.41) is 119. The molecule has 0 radical (unpaired) electrons. The number of carbonyl (C=O) groups excluding carboxylic acids is 1. The molecule has 0 aromatic rings. The van der Waals surface area contributed by atoms with E-state index in [4.69, 9.17) is 28.4 Å². The van der Waals surface area contributed by atoms with E-state index in [2.05, 4.69) is 12.2 Å². The summed E-state index contributed by atoms with van der Waals surface area (Å²) < 4.78 is 34.0. The summed E-state index contributed by atoms with van der Waals surface area (Å²) in [5.74, 6) is -0.310. The third-order valence-corrected chi connectivity index (χ3v) is 15.6. The number of hydrogen-bond acceptors (Lipinski definition) is 18. The van der Waals surface area contributed by atoms with Gasteiger partial charge in [-0.2, -0.15) is 0 Å². The summed E-state index contributed by atoms with van der Waals surface area (Å²) in [4.78, 5) is 12.8.